The van der Waals surface area contributed by atoms with Gasteiger partial charge in [-0.2, -0.15) is 16.8 Å². The highest BCUT2D eigenvalue weighted by molar-refractivity contribution is 7.99. The minimum absolute atomic E-state index is 0.674. The first-order valence-corrected chi connectivity index (χ1v) is 4.82. The zero-order valence-corrected chi connectivity index (χ0v) is 7.19. The molecule has 1 aliphatic heterocycles. The lowest BCUT2D eigenvalue weighted by Crippen LogP contribution is -1.97. The smallest absolute Gasteiger partial charge is 0.211 e. The van der Waals surface area contributed by atoms with Crippen molar-refractivity contribution in [3.8, 4) is 0 Å². The van der Waals surface area contributed by atoms with Gasteiger partial charge in [0.2, 0.25) is 6.08 Å². The van der Waals surface area contributed by atoms with Crippen LogP contribution in [0.15, 0.2) is 17.3 Å². The molecule has 0 aromatic rings. The van der Waals surface area contributed by atoms with E-state index in [1.165, 1.54) is 24.0 Å². The van der Waals surface area contributed by atoms with Crippen LogP contribution in [0.1, 0.15) is 12.8 Å². The predicted octanol–water partition coefficient (Wildman–Crippen LogP) is 1.98. The molecule has 2 nitrogen and oxygen atoms in total. The number of thioether (sulfide) groups is 1. The SMILES string of the molecule is C=C(CC1CCSC1)N=C=O. The number of nitrogens with zero attached hydrogens (tertiary/aromatic N) is 1. The molecule has 1 fully saturated rings. The Morgan fingerprint density at radius 1 is 1.82 bits per heavy atom. The molecule has 0 radical (unpaired) electrons. The van der Waals surface area contributed by atoms with Gasteiger partial charge in [0.05, 0.1) is 0 Å². The molecule has 1 atom stereocenters. The molecule has 0 aliphatic carbocycles. The molecule has 0 bridgehead atoms. The molecular weight excluding hydrogens is 158 g/mol. The molecule has 1 unspecified atom stereocenters. The summed E-state index contributed by atoms with van der Waals surface area (Å²) >= 11 is 1.96. The largest absolute Gasteiger partial charge is 0.240 e. The molecular formula is C8H11NOS. The van der Waals surface area contributed by atoms with E-state index in [0.717, 1.165) is 6.42 Å². The molecule has 1 aliphatic rings. The summed E-state index contributed by atoms with van der Waals surface area (Å²) in [6, 6.07) is 0. The minimum Gasteiger partial charge on any atom is -0.211 e. The molecule has 0 aromatic heterocycles. The Morgan fingerprint density at radius 2 is 2.64 bits per heavy atom. The highest BCUT2D eigenvalue weighted by atomic mass is 32.2. The zero-order valence-electron chi connectivity index (χ0n) is 6.38. The first-order valence-electron chi connectivity index (χ1n) is 3.66. The lowest BCUT2D eigenvalue weighted by molar-refractivity contribution is 0.560. The Labute approximate surface area is 70.8 Å². The van der Waals surface area contributed by atoms with E-state index in [4.69, 9.17) is 0 Å². The summed E-state index contributed by atoms with van der Waals surface area (Å²) in [5.74, 6) is 3.11. The predicted molar refractivity (Wildman–Crippen MR) is 47.3 cm³/mol. The summed E-state index contributed by atoms with van der Waals surface area (Å²) in [4.78, 5) is 13.3. The third-order valence-corrected chi connectivity index (χ3v) is 2.98. The van der Waals surface area contributed by atoms with E-state index >= 15 is 0 Å². The van der Waals surface area contributed by atoms with E-state index in [0.29, 0.717) is 11.6 Å². The van der Waals surface area contributed by atoms with E-state index in [2.05, 4.69) is 11.6 Å². The van der Waals surface area contributed by atoms with Gasteiger partial charge in [0, 0.05) is 5.70 Å². The fourth-order valence-corrected chi connectivity index (χ4v) is 2.47. The second-order valence-electron chi connectivity index (χ2n) is 2.70. The van der Waals surface area contributed by atoms with Crippen LogP contribution in [-0.2, 0) is 4.79 Å². The van der Waals surface area contributed by atoms with Crippen molar-refractivity contribution < 1.29 is 4.79 Å². The average molecular weight is 169 g/mol. The van der Waals surface area contributed by atoms with Crippen molar-refractivity contribution in [2.45, 2.75) is 12.8 Å². The number of allylic oxidation sites excluding steroid dienone is 1. The minimum atomic E-state index is 0.674. The van der Waals surface area contributed by atoms with E-state index < -0.39 is 0 Å². The molecule has 60 valence electrons. The molecule has 1 saturated heterocycles. The Bertz CT molecular complexity index is 190. The van der Waals surface area contributed by atoms with Crippen molar-refractivity contribution in [2.24, 2.45) is 10.9 Å². The number of carbonyl (C=O) groups excluding carboxylic acids is 1. The van der Waals surface area contributed by atoms with Gasteiger partial charge in [-0.15, -0.1) is 0 Å². The monoisotopic (exact) mass is 169 g/mol. The highest BCUT2D eigenvalue weighted by Gasteiger charge is 2.15. The highest BCUT2D eigenvalue weighted by Crippen LogP contribution is 2.28. The lowest BCUT2D eigenvalue weighted by Gasteiger charge is -2.04. The van der Waals surface area contributed by atoms with Crippen LogP contribution < -0.4 is 0 Å². The van der Waals surface area contributed by atoms with Crippen LogP contribution in [0.25, 0.3) is 0 Å². The van der Waals surface area contributed by atoms with Gasteiger partial charge in [-0.25, -0.2) is 4.79 Å². The Balaban J connectivity index is 2.29. The van der Waals surface area contributed by atoms with Crippen LogP contribution in [-0.4, -0.2) is 17.6 Å². The second-order valence-corrected chi connectivity index (χ2v) is 3.85. The molecule has 1 heterocycles. The van der Waals surface area contributed by atoms with Gasteiger partial charge in [0.1, 0.15) is 0 Å². The summed E-state index contributed by atoms with van der Waals surface area (Å²) < 4.78 is 0. The number of hydrogen-bond acceptors (Lipinski definition) is 3. The summed E-state index contributed by atoms with van der Waals surface area (Å²) in [7, 11) is 0. The molecule has 0 spiro atoms. The van der Waals surface area contributed by atoms with E-state index in [1.54, 1.807) is 0 Å². The molecule has 3 heteroatoms. The maximum absolute atomic E-state index is 9.83. The Kier molecular flexibility index (Phi) is 3.40. The normalized spacial score (nSPS) is 22.7. The van der Waals surface area contributed by atoms with Gasteiger partial charge in [0.15, 0.2) is 0 Å². The van der Waals surface area contributed by atoms with Crippen LogP contribution in [0.2, 0.25) is 0 Å². The van der Waals surface area contributed by atoms with Crippen LogP contribution in [0.4, 0.5) is 0 Å². The van der Waals surface area contributed by atoms with Gasteiger partial charge in [-0.3, -0.25) is 0 Å². The lowest BCUT2D eigenvalue weighted by atomic mass is 10.0. The van der Waals surface area contributed by atoms with Gasteiger partial charge in [-0.05, 0) is 30.3 Å². The fourth-order valence-electron chi connectivity index (χ4n) is 1.19. The van der Waals surface area contributed by atoms with Crippen molar-refractivity contribution in [1.29, 1.82) is 0 Å². The van der Waals surface area contributed by atoms with Crippen molar-refractivity contribution in [2.75, 3.05) is 11.5 Å². The fraction of sp³-hybridized carbons (Fsp3) is 0.625. The number of aliphatic imine (C=N–C) groups is 1. The molecule has 0 N–H and O–H groups in total. The van der Waals surface area contributed by atoms with Gasteiger partial charge < -0.3 is 0 Å². The third kappa shape index (κ3) is 2.91. The van der Waals surface area contributed by atoms with Crippen LogP contribution in [0.5, 0.6) is 0 Å². The standard InChI is InChI=1S/C8H11NOS/c1-7(9-6-10)4-8-2-3-11-5-8/h8H,1-5H2. The summed E-state index contributed by atoms with van der Waals surface area (Å²) in [5, 5.41) is 0. The molecule has 1 rings (SSSR count). The third-order valence-electron chi connectivity index (χ3n) is 1.75. The summed E-state index contributed by atoms with van der Waals surface area (Å²) in [6.45, 7) is 3.67. The van der Waals surface area contributed by atoms with Crippen molar-refractivity contribution >= 4 is 17.8 Å². The first kappa shape index (κ1) is 8.57. The molecule has 0 saturated carbocycles. The topological polar surface area (TPSA) is 29.4 Å². The van der Waals surface area contributed by atoms with Crippen LogP contribution in [0.3, 0.4) is 0 Å². The van der Waals surface area contributed by atoms with Gasteiger partial charge in [-0.1, -0.05) is 6.58 Å². The summed E-state index contributed by atoms with van der Waals surface area (Å²) in [6.07, 6.45) is 3.61. The molecule has 0 amide bonds. The maximum atomic E-state index is 9.83. The number of hydrogen-bond donors (Lipinski definition) is 0. The van der Waals surface area contributed by atoms with E-state index in [9.17, 15) is 4.79 Å². The van der Waals surface area contributed by atoms with Gasteiger partial charge >= 0.3 is 0 Å². The van der Waals surface area contributed by atoms with Crippen molar-refractivity contribution in [3.63, 3.8) is 0 Å². The van der Waals surface area contributed by atoms with Crippen LogP contribution in [0, 0.1) is 5.92 Å². The maximum Gasteiger partial charge on any atom is 0.240 e. The second kappa shape index (κ2) is 4.37. The summed E-state index contributed by atoms with van der Waals surface area (Å²) in [5.41, 5.74) is 0.674. The Hall–Kier alpha value is -0.530. The first-order chi connectivity index (χ1) is 5.33. The molecule has 11 heavy (non-hydrogen) atoms. The number of rotatable bonds is 3. The van der Waals surface area contributed by atoms with Crippen molar-refractivity contribution in [3.05, 3.63) is 12.3 Å². The zero-order chi connectivity index (χ0) is 8.10. The molecule has 0 aromatic carbocycles. The van der Waals surface area contributed by atoms with Crippen molar-refractivity contribution in [1.82, 2.24) is 0 Å². The van der Waals surface area contributed by atoms with E-state index in [-0.39, 0.29) is 0 Å². The number of isocyanates is 1. The average Bonchev–Trinajstić information content (AvgIpc) is 2.40. The Morgan fingerprint density at radius 3 is 3.18 bits per heavy atom. The van der Waals surface area contributed by atoms with Gasteiger partial charge in [0.25, 0.3) is 0 Å². The van der Waals surface area contributed by atoms with Crippen LogP contribution >= 0.6 is 11.8 Å². The quantitative estimate of drug-likeness (QED) is 0.477. The van der Waals surface area contributed by atoms with E-state index in [1.807, 2.05) is 11.8 Å².